The van der Waals surface area contributed by atoms with Crippen molar-refractivity contribution < 1.29 is 14.3 Å². The molecule has 0 aromatic rings. The van der Waals surface area contributed by atoms with Crippen molar-refractivity contribution in [2.24, 2.45) is 0 Å². The SMILES string of the molecule is CC(=O)N1CCN(C2(C#N)CCN(C(=O)OC(C)(C)C)CC2)CC1. The molecule has 2 amide bonds. The maximum Gasteiger partial charge on any atom is 0.410 e. The van der Waals surface area contributed by atoms with Gasteiger partial charge in [-0.2, -0.15) is 5.26 Å². The third-order valence-corrected chi connectivity index (χ3v) is 4.78. The number of hydrogen-bond donors (Lipinski definition) is 0. The molecule has 2 rings (SSSR count). The average Bonchev–Trinajstić information content (AvgIpc) is 2.53. The zero-order chi connectivity index (χ0) is 18.0. The molecule has 0 unspecified atom stereocenters. The number of nitriles is 1. The maximum absolute atomic E-state index is 12.2. The lowest BCUT2D eigenvalue weighted by atomic mass is 9.86. The van der Waals surface area contributed by atoms with Gasteiger partial charge in [-0.15, -0.1) is 0 Å². The van der Waals surface area contributed by atoms with Gasteiger partial charge in [0.25, 0.3) is 0 Å². The van der Waals surface area contributed by atoms with Gasteiger partial charge < -0.3 is 14.5 Å². The molecule has 2 aliphatic heterocycles. The van der Waals surface area contributed by atoms with E-state index in [1.54, 1.807) is 11.8 Å². The monoisotopic (exact) mass is 336 g/mol. The van der Waals surface area contributed by atoms with E-state index in [0.717, 1.165) is 0 Å². The average molecular weight is 336 g/mol. The molecule has 0 bridgehead atoms. The molecule has 0 aliphatic carbocycles. The first-order chi connectivity index (χ1) is 11.2. The normalized spacial score (nSPS) is 22.0. The highest BCUT2D eigenvalue weighted by molar-refractivity contribution is 5.73. The van der Waals surface area contributed by atoms with E-state index < -0.39 is 11.1 Å². The van der Waals surface area contributed by atoms with Gasteiger partial charge in [-0.25, -0.2) is 4.79 Å². The minimum absolute atomic E-state index is 0.0837. The molecule has 0 saturated carbocycles. The highest BCUT2D eigenvalue weighted by Gasteiger charge is 2.43. The lowest BCUT2D eigenvalue weighted by Crippen LogP contribution is -2.61. The van der Waals surface area contributed by atoms with Gasteiger partial charge >= 0.3 is 6.09 Å². The second-order valence-corrected chi connectivity index (χ2v) is 7.60. The fourth-order valence-corrected chi connectivity index (χ4v) is 3.33. The fraction of sp³-hybridized carbons (Fsp3) is 0.824. The van der Waals surface area contributed by atoms with Crippen LogP contribution in [0.15, 0.2) is 0 Å². The van der Waals surface area contributed by atoms with Gasteiger partial charge in [0, 0.05) is 46.2 Å². The van der Waals surface area contributed by atoms with Crippen molar-refractivity contribution in [3.63, 3.8) is 0 Å². The van der Waals surface area contributed by atoms with Crippen LogP contribution in [0.25, 0.3) is 0 Å². The molecule has 7 nitrogen and oxygen atoms in total. The van der Waals surface area contributed by atoms with Crippen LogP contribution in [-0.4, -0.2) is 77.1 Å². The van der Waals surface area contributed by atoms with Crippen molar-refractivity contribution in [2.75, 3.05) is 39.3 Å². The number of likely N-dealkylation sites (tertiary alicyclic amines) is 1. The molecule has 2 fully saturated rings. The van der Waals surface area contributed by atoms with Gasteiger partial charge in [-0.1, -0.05) is 0 Å². The highest BCUT2D eigenvalue weighted by Crippen LogP contribution is 2.30. The summed E-state index contributed by atoms with van der Waals surface area (Å²) < 4.78 is 5.41. The molecule has 0 N–H and O–H groups in total. The summed E-state index contributed by atoms with van der Waals surface area (Å²) in [5.74, 6) is 0.0837. The molecule has 0 radical (unpaired) electrons. The molecule has 7 heteroatoms. The number of rotatable bonds is 1. The molecule has 0 atom stereocenters. The molecular formula is C17H28N4O3. The predicted octanol–water partition coefficient (Wildman–Crippen LogP) is 1.44. The maximum atomic E-state index is 12.2. The van der Waals surface area contributed by atoms with Crippen LogP contribution in [0, 0.1) is 11.3 Å². The van der Waals surface area contributed by atoms with Gasteiger partial charge in [0.1, 0.15) is 11.1 Å². The van der Waals surface area contributed by atoms with Crippen LogP contribution in [0.2, 0.25) is 0 Å². The summed E-state index contributed by atoms with van der Waals surface area (Å²) in [5.41, 5.74) is -1.05. The van der Waals surface area contributed by atoms with E-state index in [1.165, 1.54) is 0 Å². The van der Waals surface area contributed by atoms with Gasteiger partial charge in [0.05, 0.1) is 6.07 Å². The Morgan fingerprint density at radius 3 is 1.96 bits per heavy atom. The smallest absolute Gasteiger partial charge is 0.410 e. The Labute approximate surface area is 144 Å². The van der Waals surface area contributed by atoms with Crippen molar-refractivity contribution >= 4 is 12.0 Å². The molecular weight excluding hydrogens is 308 g/mol. The first-order valence-corrected chi connectivity index (χ1v) is 8.57. The summed E-state index contributed by atoms with van der Waals surface area (Å²) in [4.78, 5) is 29.3. The van der Waals surface area contributed by atoms with Gasteiger partial charge in [0.15, 0.2) is 0 Å². The Morgan fingerprint density at radius 1 is 1.00 bits per heavy atom. The standard InChI is InChI=1S/C17H28N4O3/c1-14(22)19-9-11-21(12-10-19)17(13-18)5-7-20(8-6-17)15(23)24-16(2,3)4/h5-12H2,1-4H3. The molecule has 0 aromatic heterocycles. The largest absolute Gasteiger partial charge is 0.444 e. The number of ether oxygens (including phenoxy) is 1. The first-order valence-electron chi connectivity index (χ1n) is 8.57. The van der Waals surface area contributed by atoms with Crippen molar-refractivity contribution in [3.8, 4) is 6.07 Å². The molecule has 2 aliphatic rings. The summed E-state index contributed by atoms with van der Waals surface area (Å²) in [7, 11) is 0. The predicted molar refractivity (Wildman–Crippen MR) is 89.2 cm³/mol. The quantitative estimate of drug-likeness (QED) is 0.724. The third-order valence-electron chi connectivity index (χ3n) is 4.78. The molecule has 2 heterocycles. The number of piperazine rings is 1. The number of carbonyl (C=O) groups is 2. The van der Waals surface area contributed by atoms with E-state index in [-0.39, 0.29) is 12.0 Å². The summed E-state index contributed by atoms with van der Waals surface area (Å²) in [6, 6.07) is 2.48. The molecule has 0 aromatic carbocycles. The van der Waals surface area contributed by atoms with E-state index in [0.29, 0.717) is 52.1 Å². The number of hydrogen-bond acceptors (Lipinski definition) is 5. The minimum Gasteiger partial charge on any atom is -0.444 e. The summed E-state index contributed by atoms with van der Waals surface area (Å²) in [6.45, 7) is 10.9. The lowest BCUT2D eigenvalue weighted by Gasteiger charge is -2.47. The minimum atomic E-state index is -0.540. The molecule has 134 valence electrons. The van der Waals surface area contributed by atoms with E-state index >= 15 is 0 Å². The van der Waals surface area contributed by atoms with E-state index in [4.69, 9.17) is 4.74 Å². The van der Waals surface area contributed by atoms with E-state index in [2.05, 4.69) is 11.0 Å². The zero-order valence-corrected chi connectivity index (χ0v) is 15.2. The van der Waals surface area contributed by atoms with Crippen molar-refractivity contribution in [1.29, 1.82) is 5.26 Å². The molecule has 0 spiro atoms. The number of nitrogens with zero attached hydrogens (tertiary/aromatic N) is 4. The lowest BCUT2D eigenvalue weighted by molar-refractivity contribution is -0.131. The first kappa shape index (κ1) is 18.5. The number of amides is 2. The van der Waals surface area contributed by atoms with Crippen molar-refractivity contribution in [3.05, 3.63) is 0 Å². The molecule has 2 saturated heterocycles. The van der Waals surface area contributed by atoms with Crippen LogP contribution in [0.3, 0.4) is 0 Å². The summed E-state index contributed by atoms with van der Waals surface area (Å²) in [5, 5.41) is 9.77. The van der Waals surface area contributed by atoms with Gasteiger partial charge in [-0.05, 0) is 33.6 Å². The fourth-order valence-electron chi connectivity index (χ4n) is 3.33. The van der Waals surface area contributed by atoms with Crippen LogP contribution in [0.4, 0.5) is 4.79 Å². The topological polar surface area (TPSA) is 76.9 Å². The Hall–Kier alpha value is -1.81. The van der Waals surface area contributed by atoms with Crippen LogP contribution in [-0.2, 0) is 9.53 Å². The number of carbonyl (C=O) groups excluding carboxylic acids is 2. The van der Waals surface area contributed by atoms with Crippen LogP contribution < -0.4 is 0 Å². The third kappa shape index (κ3) is 4.18. The Morgan fingerprint density at radius 2 is 1.54 bits per heavy atom. The van der Waals surface area contributed by atoms with Gasteiger partial charge in [-0.3, -0.25) is 9.69 Å². The second-order valence-electron chi connectivity index (χ2n) is 7.60. The zero-order valence-electron chi connectivity index (χ0n) is 15.2. The van der Waals surface area contributed by atoms with Crippen LogP contribution in [0.1, 0.15) is 40.5 Å². The Kier molecular flexibility index (Phi) is 5.38. The summed E-state index contributed by atoms with van der Waals surface area (Å²) >= 11 is 0. The van der Waals surface area contributed by atoms with Gasteiger partial charge in [0.2, 0.25) is 5.91 Å². The Bertz CT molecular complexity index is 519. The van der Waals surface area contributed by atoms with Crippen molar-refractivity contribution in [1.82, 2.24) is 14.7 Å². The highest BCUT2D eigenvalue weighted by atomic mass is 16.6. The van der Waals surface area contributed by atoms with Crippen LogP contribution in [0.5, 0.6) is 0 Å². The molecule has 24 heavy (non-hydrogen) atoms. The van der Waals surface area contributed by atoms with E-state index in [1.807, 2.05) is 25.7 Å². The Balaban J connectivity index is 1.94. The van der Waals surface area contributed by atoms with Crippen molar-refractivity contribution in [2.45, 2.75) is 51.7 Å². The number of piperidine rings is 1. The van der Waals surface area contributed by atoms with Crippen LogP contribution >= 0.6 is 0 Å². The van der Waals surface area contributed by atoms with E-state index in [9.17, 15) is 14.9 Å². The second kappa shape index (κ2) is 6.98. The summed E-state index contributed by atoms with van der Waals surface area (Å²) in [6.07, 6.45) is 0.918.